The Kier molecular flexibility index (Phi) is 3.41. The minimum Gasteiger partial charge on any atom is -0.399 e. The lowest BCUT2D eigenvalue weighted by Gasteiger charge is -2.07. The van der Waals surface area contributed by atoms with Crippen molar-refractivity contribution in [3.05, 3.63) is 59.2 Å². The van der Waals surface area contributed by atoms with Gasteiger partial charge < -0.3 is 11.1 Å². The zero-order chi connectivity index (χ0) is 14.8. The summed E-state index contributed by atoms with van der Waals surface area (Å²) < 4.78 is 0. The van der Waals surface area contributed by atoms with Gasteiger partial charge in [0.15, 0.2) is 11.0 Å². The smallest absolute Gasteiger partial charge is 0.256 e. The molecule has 1 aromatic heterocycles. The van der Waals surface area contributed by atoms with Gasteiger partial charge in [-0.25, -0.2) is 9.97 Å². The van der Waals surface area contributed by atoms with Gasteiger partial charge >= 0.3 is 0 Å². The Morgan fingerprint density at radius 2 is 1.76 bits per heavy atom. The molecule has 0 spiro atoms. The quantitative estimate of drug-likeness (QED) is 0.712. The van der Waals surface area contributed by atoms with Crippen molar-refractivity contribution in [2.75, 3.05) is 11.1 Å². The van der Waals surface area contributed by atoms with E-state index in [-0.39, 0.29) is 16.9 Å². The Balaban J connectivity index is 1.94. The number of amides is 1. The molecular weight excluding hydrogens is 288 g/mol. The van der Waals surface area contributed by atoms with E-state index in [0.29, 0.717) is 22.3 Å². The van der Waals surface area contributed by atoms with Crippen LogP contribution in [0.4, 0.5) is 11.5 Å². The second-order valence-electron chi connectivity index (χ2n) is 4.43. The predicted molar refractivity (Wildman–Crippen MR) is 83.4 cm³/mol. The minimum absolute atomic E-state index is 0.144. The number of halogens is 1. The van der Waals surface area contributed by atoms with Gasteiger partial charge in [-0.3, -0.25) is 4.79 Å². The third-order valence-electron chi connectivity index (χ3n) is 2.91. The Bertz CT molecular complexity index is 835. The monoisotopic (exact) mass is 298 g/mol. The third kappa shape index (κ3) is 2.78. The second-order valence-corrected chi connectivity index (χ2v) is 4.79. The normalized spacial score (nSPS) is 10.5. The molecule has 0 saturated heterocycles. The number of aromatic nitrogens is 2. The first-order chi connectivity index (χ1) is 10.1. The lowest BCUT2D eigenvalue weighted by Crippen LogP contribution is -2.14. The molecule has 3 rings (SSSR count). The summed E-state index contributed by atoms with van der Waals surface area (Å²) in [7, 11) is 0. The first-order valence-electron chi connectivity index (χ1n) is 6.22. The molecule has 0 radical (unpaired) electrons. The van der Waals surface area contributed by atoms with E-state index in [1.54, 1.807) is 36.4 Å². The molecule has 0 saturated carbocycles. The summed E-state index contributed by atoms with van der Waals surface area (Å²) in [5, 5.41) is 2.79. The fraction of sp³-hybridized carbons (Fsp3) is 0. The zero-order valence-electron chi connectivity index (χ0n) is 10.9. The number of fused-ring (bicyclic) bond motifs is 1. The molecule has 0 atom stereocenters. The van der Waals surface area contributed by atoms with E-state index in [9.17, 15) is 4.79 Å². The van der Waals surface area contributed by atoms with Crippen molar-refractivity contribution in [2.45, 2.75) is 0 Å². The molecule has 0 aliphatic rings. The molecule has 5 nitrogen and oxygen atoms in total. The number of hydrogen-bond acceptors (Lipinski definition) is 4. The van der Waals surface area contributed by atoms with E-state index in [0.717, 1.165) is 0 Å². The molecule has 21 heavy (non-hydrogen) atoms. The van der Waals surface area contributed by atoms with Gasteiger partial charge in [0.1, 0.15) is 0 Å². The molecule has 1 heterocycles. The number of carbonyl (C=O) groups excluding carboxylic acids is 1. The largest absolute Gasteiger partial charge is 0.399 e. The topological polar surface area (TPSA) is 80.9 Å². The van der Waals surface area contributed by atoms with Crippen LogP contribution >= 0.6 is 11.6 Å². The van der Waals surface area contributed by atoms with Crippen molar-refractivity contribution < 1.29 is 4.79 Å². The summed E-state index contributed by atoms with van der Waals surface area (Å²) in [6.45, 7) is 0. The number of benzene rings is 2. The summed E-state index contributed by atoms with van der Waals surface area (Å²) in [6.07, 6.45) is 0. The van der Waals surface area contributed by atoms with Crippen LogP contribution in [0.2, 0.25) is 5.15 Å². The van der Waals surface area contributed by atoms with Gasteiger partial charge in [0.05, 0.1) is 11.0 Å². The van der Waals surface area contributed by atoms with Gasteiger partial charge in [0.2, 0.25) is 0 Å². The van der Waals surface area contributed by atoms with Crippen LogP contribution in [0.3, 0.4) is 0 Å². The van der Waals surface area contributed by atoms with Crippen LogP contribution in [0.25, 0.3) is 11.0 Å². The maximum Gasteiger partial charge on any atom is 0.256 e. The average molecular weight is 299 g/mol. The van der Waals surface area contributed by atoms with Crippen molar-refractivity contribution in [3.8, 4) is 0 Å². The van der Waals surface area contributed by atoms with E-state index >= 15 is 0 Å². The number of anilines is 2. The van der Waals surface area contributed by atoms with Crippen molar-refractivity contribution in [3.63, 3.8) is 0 Å². The number of nitrogens with zero attached hydrogens (tertiary/aromatic N) is 2. The van der Waals surface area contributed by atoms with Crippen LogP contribution < -0.4 is 11.1 Å². The first-order valence-corrected chi connectivity index (χ1v) is 6.60. The molecule has 6 heteroatoms. The fourth-order valence-electron chi connectivity index (χ4n) is 1.92. The molecule has 0 aliphatic heterocycles. The minimum atomic E-state index is -0.339. The Hall–Kier alpha value is -2.66. The standard InChI is InChI=1S/C15H11ClN4O/c16-13-14(19-12-7-2-1-6-11(12)18-13)20-15(21)9-4-3-5-10(17)8-9/h1-8H,17H2,(H,19,20,21). The molecule has 2 aromatic carbocycles. The number of para-hydroxylation sites is 2. The number of nitrogens with one attached hydrogen (secondary N) is 1. The summed E-state index contributed by atoms with van der Waals surface area (Å²) >= 11 is 6.05. The van der Waals surface area contributed by atoms with Crippen molar-refractivity contribution >= 4 is 40.0 Å². The van der Waals surface area contributed by atoms with Gasteiger partial charge in [-0.15, -0.1) is 0 Å². The van der Waals surface area contributed by atoms with Crippen molar-refractivity contribution in [1.82, 2.24) is 9.97 Å². The SMILES string of the molecule is Nc1cccc(C(=O)Nc2nc3ccccc3nc2Cl)c1. The number of rotatable bonds is 2. The van der Waals surface area contributed by atoms with Crippen LogP contribution in [0.1, 0.15) is 10.4 Å². The fourth-order valence-corrected chi connectivity index (χ4v) is 2.10. The summed E-state index contributed by atoms with van der Waals surface area (Å²) in [5.41, 5.74) is 7.93. The molecule has 0 aliphatic carbocycles. The number of nitrogen functional groups attached to an aromatic ring is 1. The van der Waals surface area contributed by atoms with Crippen LogP contribution in [-0.4, -0.2) is 15.9 Å². The molecule has 104 valence electrons. The lowest BCUT2D eigenvalue weighted by molar-refractivity contribution is 0.102. The van der Waals surface area contributed by atoms with Crippen LogP contribution in [0.15, 0.2) is 48.5 Å². The summed E-state index contributed by atoms with van der Waals surface area (Å²) in [4.78, 5) is 20.7. The Morgan fingerprint density at radius 3 is 2.48 bits per heavy atom. The van der Waals surface area contributed by atoms with Crippen LogP contribution in [-0.2, 0) is 0 Å². The van der Waals surface area contributed by atoms with Crippen LogP contribution in [0, 0.1) is 0 Å². The van der Waals surface area contributed by atoms with E-state index < -0.39 is 0 Å². The maximum absolute atomic E-state index is 12.2. The van der Waals surface area contributed by atoms with Gasteiger partial charge in [0.25, 0.3) is 5.91 Å². The second kappa shape index (κ2) is 5.38. The number of nitrogens with two attached hydrogens (primary N) is 1. The van der Waals surface area contributed by atoms with E-state index in [1.165, 1.54) is 0 Å². The highest BCUT2D eigenvalue weighted by Crippen LogP contribution is 2.21. The van der Waals surface area contributed by atoms with Gasteiger partial charge in [-0.2, -0.15) is 0 Å². The van der Waals surface area contributed by atoms with Crippen molar-refractivity contribution in [2.24, 2.45) is 0 Å². The van der Waals surface area contributed by atoms with Gasteiger partial charge in [-0.05, 0) is 30.3 Å². The predicted octanol–water partition coefficient (Wildman–Crippen LogP) is 3.12. The zero-order valence-corrected chi connectivity index (χ0v) is 11.6. The third-order valence-corrected chi connectivity index (χ3v) is 3.17. The highest BCUT2D eigenvalue weighted by Gasteiger charge is 2.12. The average Bonchev–Trinajstić information content (AvgIpc) is 2.48. The molecule has 0 fully saturated rings. The molecule has 1 amide bonds. The molecular formula is C15H11ClN4O. The highest BCUT2D eigenvalue weighted by molar-refractivity contribution is 6.32. The molecule has 3 aromatic rings. The maximum atomic E-state index is 12.2. The Labute approximate surface area is 125 Å². The molecule has 0 bridgehead atoms. The van der Waals surface area contributed by atoms with Crippen LogP contribution in [0.5, 0.6) is 0 Å². The van der Waals surface area contributed by atoms with Gasteiger partial charge in [-0.1, -0.05) is 29.8 Å². The lowest BCUT2D eigenvalue weighted by atomic mass is 10.2. The Morgan fingerprint density at radius 1 is 1.05 bits per heavy atom. The van der Waals surface area contributed by atoms with E-state index in [4.69, 9.17) is 17.3 Å². The first kappa shape index (κ1) is 13.3. The molecule has 3 N–H and O–H groups in total. The van der Waals surface area contributed by atoms with E-state index in [2.05, 4.69) is 15.3 Å². The summed E-state index contributed by atoms with van der Waals surface area (Å²) in [5.74, 6) is -0.114. The van der Waals surface area contributed by atoms with E-state index in [1.807, 2.05) is 12.1 Å². The summed E-state index contributed by atoms with van der Waals surface area (Å²) in [6, 6.07) is 13.9. The number of hydrogen-bond donors (Lipinski definition) is 2. The van der Waals surface area contributed by atoms with Gasteiger partial charge in [0, 0.05) is 11.3 Å². The van der Waals surface area contributed by atoms with Crippen molar-refractivity contribution in [1.29, 1.82) is 0 Å². The number of carbonyl (C=O) groups is 1. The highest BCUT2D eigenvalue weighted by atomic mass is 35.5. The molecule has 0 unspecified atom stereocenters.